The molecule has 0 aliphatic carbocycles. The standard InChI is InChI=1S/C6H8F2O3/c1-3(2)4(9)6(7,8)5(10)11/h3H,1-2H3,(H,10,11). The van der Waals surface area contributed by atoms with Crippen LogP contribution in [0.25, 0.3) is 0 Å². The Morgan fingerprint density at radius 2 is 1.73 bits per heavy atom. The molecule has 0 radical (unpaired) electrons. The Morgan fingerprint density at radius 1 is 1.36 bits per heavy atom. The van der Waals surface area contributed by atoms with Crippen molar-refractivity contribution in [1.29, 1.82) is 0 Å². The Labute approximate surface area is 62.0 Å². The number of alkyl halides is 2. The smallest absolute Gasteiger partial charge is 0.399 e. The molecule has 0 spiro atoms. The van der Waals surface area contributed by atoms with Crippen molar-refractivity contribution in [3.8, 4) is 0 Å². The van der Waals surface area contributed by atoms with Gasteiger partial charge in [-0.15, -0.1) is 0 Å². The second kappa shape index (κ2) is 2.94. The number of ketones is 1. The number of carboxylic acids is 1. The first-order valence-electron chi connectivity index (χ1n) is 2.95. The van der Waals surface area contributed by atoms with Gasteiger partial charge < -0.3 is 5.11 Å². The highest BCUT2D eigenvalue weighted by Gasteiger charge is 2.48. The zero-order chi connectivity index (χ0) is 9.23. The molecule has 0 rings (SSSR count). The Balaban J connectivity index is 4.56. The summed E-state index contributed by atoms with van der Waals surface area (Å²) in [6.07, 6.45) is 0. The lowest BCUT2D eigenvalue weighted by Crippen LogP contribution is -2.40. The average molecular weight is 166 g/mol. The number of hydrogen-bond acceptors (Lipinski definition) is 2. The minimum atomic E-state index is -4.24. The van der Waals surface area contributed by atoms with E-state index in [2.05, 4.69) is 0 Å². The molecule has 0 aliphatic heterocycles. The van der Waals surface area contributed by atoms with E-state index >= 15 is 0 Å². The van der Waals surface area contributed by atoms with Gasteiger partial charge >= 0.3 is 11.9 Å². The first kappa shape index (κ1) is 10.0. The molecule has 1 N–H and O–H groups in total. The molecule has 5 heteroatoms. The molecule has 0 saturated heterocycles. The third-order valence-electron chi connectivity index (χ3n) is 1.10. The van der Waals surface area contributed by atoms with Crippen molar-refractivity contribution < 1.29 is 23.5 Å². The molecule has 64 valence electrons. The summed E-state index contributed by atoms with van der Waals surface area (Å²) in [5.41, 5.74) is 0. The highest BCUT2D eigenvalue weighted by molar-refractivity contribution is 6.05. The van der Waals surface area contributed by atoms with E-state index < -0.39 is 23.6 Å². The van der Waals surface area contributed by atoms with E-state index in [1.165, 1.54) is 13.8 Å². The molecule has 0 aromatic rings. The molecule has 0 amide bonds. The van der Waals surface area contributed by atoms with Crippen molar-refractivity contribution in [2.75, 3.05) is 0 Å². The van der Waals surface area contributed by atoms with Crippen molar-refractivity contribution in [3.63, 3.8) is 0 Å². The van der Waals surface area contributed by atoms with Crippen molar-refractivity contribution in [2.45, 2.75) is 19.8 Å². The van der Waals surface area contributed by atoms with E-state index in [9.17, 15) is 18.4 Å². The number of Topliss-reactive ketones (excluding diaryl/α,β-unsaturated/α-hetero) is 1. The maximum absolute atomic E-state index is 12.2. The molecular formula is C6H8F2O3. The summed E-state index contributed by atoms with van der Waals surface area (Å²) < 4.78 is 24.5. The SMILES string of the molecule is CC(C)C(=O)C(F)(F)C(=O)O. The number of halogens is 2. The minimum absolute atomic E-state index is 0.971. The third kappa shape index (κ3) is 1.96. The highest BCUT2D eigenvalue weighted by Crippen LogP contribution is 2.19. The van der Waals surface area contributed by atoms with Crippen molar-refractivity contribution in [3.05, 3.63) is 0 Å². The zero-order valence-corrected chi connectivity index (χ0v) is 6.10. The van der Waals surface area contributed by atoms with Crippen LogP contribution < -0.4 is 0 Å². The number of rotatable bonds is 3. The summed E-state index contributed by atoms with van der Waals surface area (Å²) in [7, 11) is 0. The summed E-state index contributed by atoms with van der Waals surface area (Å²) in [5.74, 6) is -9.17. The maximum Gasteiger partial charge on any atom is 0.399 e. The summed E-state index contributed by atoms with van der Waals surface area (Å²) in [4.78, 5) is 20.3. The quantitative estimate of drug-likeness (QED) is 0.634. The topological polar surface area (TPSA) is 54.4 Å². The summed E-state index contributed by atoms with van der Waals surface area (Å²) >= 11 is 0. The van der Waals surface area contributed by atoms with Gasteiger partial charge in [0.15, 0.2) is 0 Å². The summed E-state index contributed by atoms with van der Waals surface area (Å²) in [6, 6.07) is 0. The molecule has 0 fully saturated rings. The summed E-state index contributed by atoms with van der Waals surface area (Å²) in [5, 5.41) is 7.89. The molecule has 0 saturated carbocycles. The van der Waals surface area contributed by atoms with Gasteiger partial charge in [0.05, 0.1) is 0 Å². The number of carbonyl (C=O) groups excluding carboxylic acids is 1. The lowest BCUT2D eigenvalue weighted by atomic mass is 10.0. The van der Waals surface area contributed by atoms with Crippen LogP contribution in [-0.2, 0) is 9.59 Å². The molecule has 0 aliphatic rings. The lowest BCUT2D eigenvalue weighted by molar-refractivity contribution is -0.172. The van der Waals surface area contributed by atoms with Gasteiger partial charge in [-0.2, -0.15) is 8.78 Å². The van der Waals surface area contributed by atoms with Crippen LogP contribution >= 0.6 is 0 Å². The fourth-order valence-corrected chi connectivity index (χ4v) is 0.468. The lowest BCUT2D eigenvalue weighted by Gasteiger charge is -2.11. The van der Waals surface area contributed by atoms with Crippen molar-refractivity contribution in [2.24, 2.45) is 5.92 Å². The monoisotopic (exact) mass is 166 g/mol. The Morgan fingerprint density at radius 3 is 1.82 bits per heavy atom. The average Bonchev–Trinajstić information content (AvgIpc) is 1.85. The van der Waals surface area contributed by atoms with Crippen LogP contribution in [0.3, 0.4) is 0 Å². The van der Waals surface area contributed by atoms with Crippen molar-refractivity contribution in [1.82, 2.24) is 0 Å². The molecule has 0 bridgehead atoms. The number of aliphatic carboxylic acids is 1. The van der Waals surface area contributed by atoms with Gasteiger partial charge in [-0.3, -0.25) is 4.79 Å². The van der Waals surface area contributed by atoms with Crippen LogP contribution in [-0.4, -0.2) is 22.8 Å². The van der Waals surface area contributed by atoms with Gasteiger partial charge in [0.1, 0.15) is 0 Å². The second-order valence-corrected chi connectivity index (χ2v) is 2.40. The Bertz CT molecular complexity index is 186. The third-order valence-corrected chi connectivity index (χ3v) is 1.10. The summed E-state index contributed by atoms with van der Waals surface area (Å²) in [6.45, 7) is 2.44. The van der Waals surface area contributed by atoms with Gasteiger partial charge in [-0.25, -0.2) is 4.79 Å². The predicted octanol–water partition coefficient (Wildman–Crippen LogP) is 0.931. The van der Waals surface area contributed by atoms with E-state index in [1.807, 2.05) is 0 Å². The molecule has 0 aromatic heterocycles. The molecule has 11 heavy (non-hydrogen) atoms. The second-order valence-electron chi connectivity index (χ2n) is 2.40. The fraction of sp³-hybridized carbons (Fsp3) is 0.667. The van der Waals surface area contributed by atoms with Crippen LogP contribution in [0.1, 0.15) is 13.8 Å². The van der Waals surface area contributed by atoms with E-state index in [0.29, 0.717) is 0 Å². The van der Waals surface area contributed by atoms with Gasteiger partial charge in [-0.1, -0.05) is 13.8 Å². The van der Waals surface area contributed by atoms with Gasteiger partial charge in [-0.05, 0) is 0 Å². The maximum atomic E-state index is 12.2. The van der Waals surface area contributed by atoms with Crippen LogP contribution in [0.2, 0.25) is 0 Å². The molecule has 0 unspecified atom stereocenters. The van der Waals surface area contributed by atoms with E-state index in [-0.39, 0.29) is 0 Å². The molecule has 0 heterocycles. The predicted molar refractivity (Wildman–Crippen MR) is 32.4 cm³/mol. The zero-order valence-electron chi connectivity index (χ0n) is 6.10. The van der Waals surface area contributed by atoms with Crippen LogP contribution in [0.5, 0.6) is 0 Å². The van der Waals surface area contributed by atoms with Crippen LogP contribution in [0.4, 0.5) is 8.78 Å². The number of carboxylic acid groups (broad SMARTS) is 1. The first-order valence-corrected chi connectivity index (χ1v) is 2.95. The van der Waals surface area contributed by atoms with Crippen LogP contribution in [0.15, 0.2) is 0 Å². The van der Waals surface area contributed by atoms with Crippen molar-refractivity contribution >= 4 is 11.8 Å². The van der Waals surface area contributed by atoms with Gasteiger partial charge in [0.25, 0.3) is 0 Å². The Hall–Kier alpha value is -1.00. The molecule has 0 aromatic carbocycles. The number of carbonyl (C=O) groups is 2. The van der Waals surface area contributed by atoms with Crippen LogP contribution in [0, 0.1) is 5.92 Å². The van der Waals surface area contributed by atoms with Gasteiger partial charge in [0, 0.05) is 5.92 Å². The molecule has 3 nitrogen and oxygen atoms in total. The van der Waals surface area contributed by atoms with E-state index in [4.69, 9.17) is 5.11 Å². The minimum Gasteiger partial charge on any atom is -0.476 e. The first-order chi connectivity index (χ1) is 4.80. The van der Waals surface area contributed by atoms with E-state index in [1.54, 1.807) is 0 Å². The number of hydrogen-bond donors (Lipinski definition) is 1. The largest absolute Gasteiger partial charge is 0.476 e. The fourth-order valence-electron chi connectivity index (χ4n) is 0.468. The molecular weight excluding hydrogens is 158 g/mol. The normalized spacial score (nSPS) is 11.7. The Kier molecular flexibility index (Phi) is 2.67. The van der Waals surface area contributed by atoms with Gasteiger partial charge in [0.2, 0.25) is 5.78 Å². The van der Waals surface area contributed by atoms with E-state index in [0.717, 1.165) is 0 Å². The highest BCUT2D eigenvalue weighted by atomic mass is 19.3. The molecule has 0 atom stereocenters.